The van der Waals surface area contributed by atoms with Crippen LogP contribution in [0.3, 0.4) is 0 Å². The summed E-state index contributed by atoms with van der Waals surface area (Å²) < 4.78 is 10.2. The van der Waals surface area contributed by atoms with E-state index in [1.807, 2.05) is 27.7 Å². The van der Waals surface area contributed by atoms with E-state index < -0.39 is 6.29 Å². The highest BCUT2D eigenvalue weighted by atomic mass is 16.7. The van der Waals surface area contributed by atoms with Crippen LogP contribution in [0.5, 0.6) is 0 Å². The van der Waals surface area contributed by atoms with E-state index in [0.29, 0.717) is 0 Å². The molecular weight excluding hydrogens is 168 g/mol. The van der Waals surface area contributed by atoms with Crippen LogP contribution in [0.4, 0.5) is 0 Å². The Labute approximate surface area is 80.4 Å². The van der Waals surface area contributed by atoms with Crippen LogP contribution in [-0.2, 0) is 14.3 Å². The maximum atomic E-state index is 11.3. The lowest BCUT2D eigenvalue weighted by atomic mass is 10.1. The van der Waals surface area contributed by atoms with Gasteiger partial charge in [0, 0.05) is 13.0 Å². The standard InChI is InChI=1S/C10H20O3/c1-6-8(4)9(11)13-10(12-5)7(2)3/h7-8,10H,6H2,1-5H3. The number of esters is 1. The minimum absolute atomic E-state index is 0.0450. The van der Waals surface area contributed by atoms with Crippen LogP contribution in [-0.4, -0.2) is 19.4 Å². The van der Waals surface area contributed by atoms with Crippen LogP contribution in [0.25, 0.3) is 0 Å². The number of carbonyl (C=O) groups excluding carboxylic acids is 1. The molecule has 0 aliphatic heterocycles. The van der Waals surface area contributed by atoms with Gasteiger partial charge in [0.05, 0.1) is 5.92 Å². The molecule has 3 nitrogen and oxygen atoms in total. The van der Waals surface area contributed by atoms with E-state index in [2.05, 4.69) is 0 Å². The third-order valence-electron chi connectivity index (χ3n) is 2.02. The Bertz CT molecular complexity index is 154. The van der Waals surface area contributed by atoms with Gasteiger partial charge in [-0.15, -0.1) is 0 Å². The molecule has 0 heterocycles. The van der Waals surface area contributed by atoms with Crippen molar-refractivity contribution in [1.82, 2.24) is 0 Å². The lowest BCUT2D eigenvalue weighted by Gasteiger charge is -2.21. The van der Waals surface area contributed by atoms with Crippen LogP contribution in [0.2, 0.25) is 0 Å². The quantitative estimate of drug-likeness (QED) is 0.490. The van der Waals surface area contributed by atoms with E-state index >= 15 is 0 Å². The summed E-state index contributed by atoms with van der Waals surface area (Å²) in [5, 5.41) is 0. The molecule has 0 aliphatic rings. The summed E-state index contributed by atoms with van der Waals surface area (Å²) in [7, 11) is 1.55. The molecule has 0 radical (unpaired) electrons. The Morgan fingerprint density at radius 2 is 1.85 bits per heavy atom. The first-order valence-electron chi connectivity index (χ1n) is 4.76. The maximum Gasteiger partial charge on any atom is 0.310 e. The van der Waals surface area contributed by atoms with Crippen molar-refractivity contribution in [3.05, 3.63) is 0 Å². The smallest absolute Gasteiger partial charge is 0.310 e. The highest BCUT2D eigenvalue weighted by Crippen LogP contribution is 2.11. The number of hydrogen-bond donors (Lipinski definition) is 0. The Morgan fingerprint density at radius 3 is 2.15 bits per heavy atom. The Kier molecular flexibility index (Phi) is 5.71. The normalized spacial score (nSPS) is 15.5. The summed E-state index contributed by atoms with van der Waals surface area (Å²) in [5.41, 5.74) is 0. The molecule has 0 aromatic heterocycles. The second-order valence-electron chi connectivity index (χ2n) is 3.59. The van der Waals surface area contributed by atoms with Gasteiger partial charge in [0.2, 0.25) is 6.29 Å². The molecule has 0 fully saturated rings. The molecule has 3 heteroatoms. The predicted molar refractivity (Wildman–Crippen MR) is 51.2 cm³/mol. The van der Waals surface area contributed by atoms with Gasteiger partial charge in [0.25, 0.3) is 0 Å². The van der Waals surface area contributed by atoms with E-state index in [9.17, 15) is 4.79 Å². The zero-order chi connectivity index (χ0) is 10.4. The van der Waals surface area contributed by atoms with E-state index in [0.717, 1.165) is 6.42 Å². The summed E-state index contributed by atoms with van der Waals surface area (Å²) in [4.78, 5) is 11.3. The molecule has 0 spiro atoms. The number of ether oxygens (including phenoxy) is 2. The summed E-state index contributed by atoms with van der Waals surface area (Å²) in [6, 6.07) is 0. The third kappa shape index (κ3) is 4.27. The fourth-order valence-corrected chi connectivity index (χ4v) is 0.854. The highest BCUT2D eigenvalue weighted by molar-refractivity contribution is 5.71. The number of methoxy groups -OCH3 is 1. The molecule has 0 amide bonds. The molecule has 0 saturated heterocycles. The summed E-state index contributed by atoms with van der Waals surface area (Å²) >= 11 is 0. The largest absolute Gasteiger partial charge is 0.435 e. The molecule has 0 bridgehead atoms. The highest BCUT2D eigenvalue weighted by Gasteiger charge is 2.20. The van der Waals surface area contributed by atoms with Gasteiger partial charge in [0.1, 0.15) is 0 Å². The van der Waals surface area contributed by atoms with Crippen LogP contribution >= 0.6 is 0 Å². The molecule has 2 unspecified atom stereocenters. The molecule has 13 heavy (non-hydrogen) atoms. The molecule has 0 aromatic rings. The van der Waals surface area contributed by atoms with Gasteiger partial charge in [-0.05, 0) is 6.42 Å². The van der Waals surface area contributed by atoms with Crippen LogP contribution < -0.4 is 0 Å². The van der Waals surface area contributed by atoms with Gasteiger partial charge >= 0.3 is 5.97 Å². The molecule has 0 aliphatic carbocycles. The molecule has 0 aromatic carbocycles. The molecule has 0 N–H and O–H groups in total. The van der Waals surface area contributed by atoms with Gasteiger partial charge in [-0.2, -0.15) is 0 Å². The minimum atomic E-state index is -0.415. The molecular formula is C10H20O3. The summed E-state index contributed by atoms with van der Waals surface area (Å²) in [6.07, 6.45) is 0.384. The van der Waals surface area contributed by atoms with Crippen molar-refractivity contribution in [1.29, 1.82) is 0 Å². The Morgan fingerprint density at radius 1 is 1.31 bits per heavy atom. The topological polar surface area (TPSA) is 35.5 Å². The van der Waals surface area contributed by atoms with E-state index in [4.69, 9.17) is 9.47 Å². The van der Waals surface area contributed by atoms with Crippen molar-refractivity contribution in [2.75, 3.05) is 7.11 Å². The van der Waals surface area contributed by atoms with Gasteiger partial charge in [0.15, 0.2) is 0 Å². The fraction of sp³-hybridized carbons (Fsp3) is 0.900. The molecule has 2 atom stereocenters. The van der Waals surface area contributed by atoms with Crippen molar-refractivity contribution in [3.8, 4) is 0 Å². The van der Waals surface area contributed by atoms with Crippen LogP contribution in [0.1, 0.15) is 34.1 Å². The summed E-state index contributed by atoms with van der Waals surface area (Å²) in [6.45, 7) is 7.73. The number of rotatable bonds is 5. The first-order chi connectivity index (χ1) is 6.02. The first-order valence-corrected chi connectivity index (χ1v) is 4.76. The second-order valence-corrected chi connectivity index (χ2v) is 3.59. The zero-order valence-electron chi connectivity index (χ0n) is 9.16. The van der Waals surface area contributed by atoms with Crippen molar-refractivity contribution in [3.63, 3.8) is 0 Å². The number of carbonyl (C=O) groups is 1. The lowest BCUT2D eigenvalue weighted by molar-refractivity contribution is -0.186. The lowest BCUT2D eigenvalue weighted by Crippen LogP contribution is -2.28. The van der Waals surface area contributed by atoms with Gasteiger partial charge in [-0.1, -0.05) is 27.7 Å². The average Bonchev–Trinajstić information content (AvgIpc) is 2.11. The monoisotopic (exact) mass is 188 g/mol. The van der Waals surface area contributed by atoms with E-state index in [1.165, 1.54) is 0 Å². The maximum absolute atomic E-state index is 11.3. The van der Waals surface area contributed by atoms with Gasteiger partial charge in [-0.25, -0.2) is 0 Å². The minimum Gasteiger partial charge on any atom is -0.435 e. The van der Waals surface area contributed by atoms with Crippen molar-refractivity contribution in [2.24, 2.45) is 11.8 Å². The average molecular weight is 188 g/mol. The molecule has 0 saturated carbocycles. The molecule has 0 rings (SSSR count). The van der Waals surface area contributed by atoms with Crippen LogP contribution in [0.15, 0.2) is 0 Å². The van der Waals surface area contributed by atoms with Crippen molar-refractivity contribution in [2.45, 2.75) is 40.4 Å². The van der Waals surface area contributed by atoms with E-state index in [1.54, 1.807) is 7.11 Å². The zero-order valence-corrected chi connectivity index (χ0v) is 9.16. The third-order valence-corrected chi connectivity index (χ3v) is 2.02. The fourth-order valence-electron chi connectivity index (χ4n) is 0.854. The van der Waals surface area contributed by atoms with Gasteiger partial charge < -0.3 is 9.47 Å². The summed E-state index contributed by atoms with van der Waals surface area (Å²) in [5.74, 6) is -0.0301. The van der Waals surface area contributed by atoms with E-state index in [-0.39, 0.29) is 17.8 Å². The van der Waals surface area contributed by atoms with Gasteiger partial charge in [-0.3, -0.25) is 4.79 Å². The number of hydrogen-bond acceptors (Lipinski definition) is 3. The predicted octanol–water partition coefficient (Wildman–Crippen LogP) is 2.20. The van der Waals surface area contributed by atoms with Crippen molar-refractivity contribution < 1.29 is 14.3 Å². The Hall–Kier alpha value is -0.570. The van der Waals surface area contributed by atoms with Crippen molar-refractivity contribution >= 4 is 5.97 Å². The first kappa shape index (κ1) is 12.4. The van der Waals surface area contributed by atoms with Crippen LogP contribution in [0, 0.1) is 11.8 Å². The SMILES string of the molecule is CCC(C)C(=O)OC(OC)C(C)C. The Balaban J connectivity index is 4.01. The molecule has 78 valence electrons. The second kappa shape index (κ2) is 5.97.